The Bertz CT molecular complexity index is 758. The van der Waals surface area contributed by atoms with E-state index in [9.17, 15) is 8.42 Å². The van der Waals surface area contributed by atoms with Gasteiger partial charge in [-0.3, -0.25) is 4.72 Å². The summed E-state index contributed by atoms with van der Waals surface area (Å²) in [5.41, 5.74) is 1.26. The SMILES string of the molecule is CNCc1scc(C)c1S(=O)(=O)Nc1cc(Br)ccc1Br. The van der Waals surface area contributed by atoms with Crippen molar-refractivity contribution in [1.82, 2.24) is 5.32 Å². The second-order valence-electron chi connectivity index (χ2n) is 4.43. The number of aryl methyl sites for hydroxylation is 1. The largest absolute Gasteiger partial charge is 0.315 e. The lowest BCUT2D eigenvalue weighted by atomic mass is 10.3. The summed E-state index contributed by atoms with van der Waals surface area (Å²) in [7, 11) is -1.83. The first-order valence-corrected chi connectivity index (χ1v) is 9.99. The van der Waals surface area contributed by atoms with Gasteiger partial charge in [0.2, 0.25) is 0 Å². The standard InChI is InChI=1S/C13H14Br2N2O2S2/c1-8-7-20-12(6-16-2)13(8)21(18,19)17-11-5-9(14)3-4-10(11)15/h3-5,7,16-17H,6H2,1-2H3. The second-order valence-corrected chi connectivity index (χ2v) is 8.78. The molecule has 114 valence electrons. The van der Waals surface area contributed by atoms with Crippen LogP contribution < -0.4 is 10.0 Å². The topological polar surface area (TPSA) is 58.2 Å². The average molecular weight is 454 g/mol. The van der Waals surface area contributed by atoms with E-state index < -0.39 is 10.0 Å². The van der Waals surface area contributed by atoms with Crippen molar-refractivity contribution in [3.63, 3.8) is 0 Å². The molecule has 0 fully saturated rings. The van der Waals surface area contributed by atoms with Gasteiger partial charge < -0.3 is 5.32 Å². The fraction of sp³-hybridized carbons (Fsp3) is 0.231. The Morgan fingerprint density at radius 2 is 2.00 bits per heavy atom. The van der Waals surface area contributed by atoms with E-state index in [1.54, 1.807) is 26.1 Å². The normalized spacial score (nSPS) is 11.6. The average Bonchev–Trinajstić information content (AvgIpc) is 2.76. The van der Waals surface area contributed by atoms with Gasteiger partial charge in [0, 0.05) is 20.4 Å². The van der Waals surface area contributed by atoms with Gasteiger partial charge in [-0.1, -0.05) is 15.9 Å². The van der Waals surface area contributed by atoms with Gasteiger partial charge in [0.1, 0.15) is 4.90 Å². The number of hydrogen-bond acceptors (Lipinski definition) is 4. The molecule has 0 amide bonds. The summed E-state index contributed by atoms with van der Waals surface area (Å²) in [6.45, 7) is 2.33. The molecule has 0 saturated heterocycles. The fourth-order valence-electron chi connectivity index (χ4n) is 1.90. The number of thiophene rings is 1. The van der Waals surface area contributed by atoms with E-state index in [1.807, 2.05) is 11.4 Å². The van der Waals surface area contributed by atoms with Crippen molar-refractivity contribution < 1.29 is 8.42 Å². The van der Waals surface area contributed by atoms with Crippen LogP contribution in [0.2, 0.25) is 0 Å². The van der Waals surface area contributed by atoms with Gasteiger partial charge in [0.25, 0.3) is 10.0 Å². The predicted octanol–water partition coefficient (Wildman–Crippen LogP) is 4.10. The molecule has 0 atom stereocenters. The maximum Gasteiger partial charge on any atom is 0.263 e. The van der Waals surface area contributed by atoms with Crippen molar-refractivity contribution >= 4 is 58.9 Å². The van der Waals surface area contributed by atoms with Crippen LogP contribution in [0.5, 0.6) is 0 Å². The van der Waals surface area contributed by atoms with Crippen molar-refractivity contribution in [3.05, 3.63) is 43.0 Å². The molecule has 0 unspecified atom stereocenters. The van der Waals surface area contributed by atoms with Crippen LogP contribution in [0.15, 0.2) is 37.4 Å². The summed E-state index contributed by atoms with van der Waals surface area (Å²) in [6.07, 6.45) is 0. The number of anilines is 1. The van der Waals surface area contributed by atoms with Crippen LogP contribution in [0.3, 0.4) is 0 Å². The zero-order valence-electron chi connectivity index (χ0n) is 11.4. The quantitative estimate of drug-likeness (QED) is 0.716. The number of nitrogens with one attached hydrogen (secondary N) is 2. The van der Waals surface area contributed by atoms with Gasteiger partial charge in [-0.25, -0.2) is 8.42 Å². The highest BCUT2D eigenvalue weighted by atomic mass is 79.9. The second kappa shape index (κ2) is 6.78. The smallest absolute Gasteiger partial charge is 0.263 e. The van der Waals surface area contributed by atoms with Crippen molar-refractivity contribution in [1.29, 1.82) is 0 Å². The summed E-state index contributed by atoms with van der Waals surface area (Å²) in [5, 5.41) is 4.85. The van der Waals surface area contributed by atoms with E-state index in [0.29, 0.717) is 21.6 Å². The third-order valence-corrected chi connectivity index (χ3v) is 6.78. The van der Waals surface area contributed by atoms with Gasteiger partial charge in [0.15, 0.2) is 0 Å². The lowest BCUT2D eigenvalue weighted by Crippen LogP contribution is -2.17. The van der Waals surface area contributed by atoms with E-state index in [4.69, 9.17) is 0 Å². The highest BCUT2D eigenvalue weighted by Gasteiger charge is 2.23. The predicted molar refractivity (Wildman–Crippen MR) is 94.5 cm³/mol. The molecule has 21 heavy (non-hydrogen) atoms. The molecule has 0 aliphatic rings. The molecule has 1 aromatic carbocycles. The Morgan fingerprint density at radius 1 is 1.29 bits per heavy atom. The Labute approximate surface area is 145 Å². The van der Waals surface area contributed by atoms with Crippen molar-refractivity contribution in [2.24, 2.45) is 0 Å². The maximum absolute atomic E-state index is 12.7. The van der Waals surface area contributed by atoms with E-state index in [1.165, 1.54) is 11.3 Å². The van der Waals surface area contributed by atoms with Crippen LogP contribution in [0, 0.1) is 6.92 Å². The Hall–Kier alpha value is -0.410. The lowest BCUT2D eigenvalue weighted by molar-refractivity contribution is 0.599. The molecule has 1 heterocycles. The minimum atomic E-state index is -3.62. The van der Waals surface area contributed by atoms with Gasteiger partial charge in [-0.05, 0) is 59.0 Å². The van der Waals surface area contributed by atoms with Crippen LogP contribution in [-0.2, 0) is 16.6 Å². The van der Waals surface area contributed by atoms with Crippen molar-refractivity contribution in [3.8, 4) is 0 Å². The number of sulfonamides is 1. The van der Waals surface area contributed by atoms with Crippen molar-refractivity contribution in [2.75, 3.05) is 11.8 Å². The third kappa shape index (κ3) is 3.87. The molecule has 2 N–H and O–H groups in total. The van der Waals surface area contributed by atoms with Crippen LogP contribution >= 0.6 is 43.2 Å². The summed E-state index contributed by atoms with van der Waals surface area (Å²) in [4.78, 5) is 1.15. The summed E-state index contributed by atoms with van der Waals surface area (Å²) in [5.74, 6) is 0. The molecule has 1 aromatic heterocycles. The summed E-state index contributed by atoms with van der Waals surface area (Å²) in [6, 6.07) is 5.35. The fourth-order valence-corrected chi connectivity index (χ4v) is 5.64. The Balaban J connectivity index is 2.43. The first-order chi connectivity index (χ1) is 9.85. The van der Waals surface area contributed by atoms with Gasteiger partial charge in [0.05, 0.1) is 5.69 Å². The zero-order valence-corrected chi connectivity index (χ0v) is 16.2. The number of rotatable bonds is 5. The highest BCUT2D eigenvalue weighted by Crippen LogP contribution is 2.32. The molecular weight excluding hydrogens is 440 g/mol. The van der Waals surface area contributed by atoms with Gasteiger partial charge >= 0.3 is 0 Å². The molecule has 0 spiro atoms. The molecule has 0 aliphatic heterocycles. The lowest BCUT2D eigenvalue weighted by Gasteiger charge is -2.12. The molecule has 2 rings (SSSR count). The van der Waals surface area contributed by atoms with Gasteiger partial charge in [-0.2, -0.15) is 0 Å². The minimum absolute atomic E-state index is 0.355. The molecule has 2 aromatic rings. The molecule has 8 heteroatoms. The molecule has 4 nitrogen and oxygen atoms in total. The monoisotopic (exact) mass is 452 g/mol. The Morgan fingerprint density at radius 3 is 2.67 bits per heavy atom. The number of benzene rings is 1. The summed E-state index contributed by atoms with van der Waals surface area (Å²) < 4.78 is 29.5. The van der Waals surface area contributed by atoms with Crippen molar-refractivity contribution in [2.45, 2.75) is 18.4 Å². The molecule has 0 radical (unpaired) electrons. The number of hydrogen-bond donors (Lipinski definition) is 2. The number of halogens is 2. The van der Waals surface area contributed by atoms with E-state index in [-0.39, 0.29) is 0 Å². The van der Waals surface area contributed by atoms with E-state index in [0.717, 1.165) is 14.9 Å². The third-order valence-electron chi connectivity index (χ3n) is 2.77. The van der Waals surface area contributed by atoms with E-state index >= 15 is 0 Å². The Kier molecular flexibility index (Phi) is 5.48. The molecule has 0 bridgehead atoms. The van der Waals surface area contributed by atoms with Crippen LogP contribution in [0.25, 0.3) is 0 Å². The van der Waals surface area contributed by atoms with Crippen LogP contribution in [0.1, 0.15) is 10.4 Å². The first kappa shape index (κ1) is 17.0. The van der Waals surface area contributed by atoms with Crippen LogP contribution in [-0.4, -0.2) is 15.5 Å². The minimum Gasteiger partial charge on any atom is -0.315 e. The summed E-state index contributed by atoms with van der Waals surface area (Å²) >= 11 is 8.14. The highest BCUT2D eigenvalue weighted by molar-refractivity contribution is 9.11. The molecular formula is C13H14Br2N2O2S2. The maximum atomic E-state index is 12.7. The van der Waals surface area contributed by atoms with Gasteiger partial charge in [-0.15, -0.1) is 11.3 Å². The first-order valence-electron chi connectivity index (χ1n) is 6.04. The van der Waals surface area contributed by atoms with E-state index in [2.05, 4.69) is 41.9 Å². The molecule has 0 saturated carbocycles. The zero-order chi connectivity index (χ0) is 15.6. The molecule has 0 aliphatic carbocycles. The van der Waals surface area contributed by atoms with Crippen LogP contribution in [0.4, 0.5) is 5.69 Å².